The first kappa shape index (κ1) is 19.3. The molecule has 0 saturated carbocycles. The van der Waals surface area contributed by atoms with Crippen LogP contribution in [0.3, 0.4) is 0 Å². The van der Waals surface area contributed by atoms with Gasteiger partial charge in [0.15, 0.2) is 11.5 Å². The summed E-state index contributed by atoms with van der Waals surface area (Å²) in [4.78, 5) is 13.6. The van der Waals surface area contributed by atoms with Gasteiger partial charge in [-0.05, 0) is 57.0 Å². The summed E-state index contributed by atoms with van der Waals surface area (Å²) in [5.74, 6) is 1.57. The minimum atomic E-state index is 0.0476. The molecule has 5 nitrogen and oxygen atoms in total. The fourth-order valence-electron chi connectivity index (χ4n) is 3.09. The van der Waals surface area contributed by atoms with Crippen LogP contribution in [-0.2, 0) is 11.3 Å². The number of methoxy groups -OCH3 is 1. The smallest absolute Gasteiger partial charge is 0.217 e. The molecule has 5 heteroatoms. The van der Waals surface area contributed by atoms with Gasteiger partial charge in [0.05, 0.1) is 7.11 Å². The first-order valence-electron chi connectivity index (χ1n) is 8.90. The number of rotatable bonds is 7. The third kappa shape index (κ3) is 6.42. The summed E-state index contributed by atoms with van der Waals surface area (Å²) in [6.07, 6.45) is 4.20. The summed E-state index contributed by atoms with van der Waals surface area (Å²) >= 11 is 0. The average Bonchev–Trinajstić information content (AvgIpc) is 2.55. The molecule has 1 fully saturated rings. The summed E-state index contributed by atoms with van der Waals surface area (Å²) in [6.45, 7) is 9.02. The van der Waals surface area contributed by atoms with Crippen molar-refractivity contribution in [3.8, 4) is 11.5 Å². The van der Waals surface area contributed by atoms with Crippen molar-refractivity contribution >= 4 is 5.91 Å². The highest BCUT2D eigenvalue weighted by Crippen LogP contribution is 2.29. The molecule has 1 heterocycles. The molecule has 0 aliphatic carbocycles. The highest BCUT2D eigenvalue weighted by atomic mass is 16.5. The number of benzene rings is 1. The minimum absolute atomic E-state index is 0.0476. The summed E-state index contributed by atoms with van der Waals surface area (Å²) in [7, 11) is 1.67. The third-order valence-corrected chi connectivity index (χ3v) is 4.28. The Morgan fingerprint density at radius 1 is 1.32 bits per heavy atom. The zero-order valence-electron chi connectivity index (χ0n) is 15.8. The van der Waals surface area contributed by atoms with Crippen molar-refractivity contribution in [2.75, 3.05) is 26.8 Å². The number of amides is 1. The standard InChI is InChI=1S/C20H30N2O3/c1-15(2)9-11-25-19-8-7-17(12-20(19)24-4)13-22-10-5-6-18(14-22)21-16(3)23/h7-9,12,18H,5-6,10-11,13-14H2,1-4H3,(H,21,23)/t18-/m1/s1. The summed E-state index contributed by atoms with van der Waals surface area (Å²) < 4.78 is 11.3. The Morgan fingerprint density at radius 3 is 2.80 bits per heavy atom. The van der Waals surface area contributed by atoms with Gasteiger partial charge in [0.2, 0.25) is 5.91 Å². The maximum atomic E-state index is 11.3. The second kappa shape index (κ2) is 9.47. The van der Waals surface area contributed by atoms with Crippen LogP contribution < -0.4 is 14.8 Å². The molecule has 1 saturated heterocycles. The first-order chi connectivity index (χ1) is 12.0. The Morgan fingerprint density at radius 2 is 2.12 bits per heavy atom. The van der Waals surface area contributed by atoms with Gasteiger partial charge in [-0.1, -0.05) is 11.6 Å². The molecule has 1 aromatic rings. The van der Waals surface area contributed by atoms with Crippen molar-refractivity contribution in [1.82, 2.24) is 10.2 Å². The molecule has 1 N–H and O–H groups in total. The molecule has 25 heavy (non-hydrogen) atoms. The summed E-state index contributed by atoms with van der Waals surface area (Å²) in [5, 5.41) is 3.03. The number of piperidine rings is 1. The molecule has 0 unspecified atom stereocenters. The Bertz CT molecular complexity index is 609. The zero-order valence-corrected chi connectivity index (χ0v) is 15.8. The van der Waals surface area contributed by atoms with Gasteiger partial charge in [0, 0.05) is 26.1 Å². The van der Waals surface area contributed by atoms with Crippen LogP contribution in [-0.4, -0.2) is 43.7 Å². The van der Waals surface area contributed by atoms with Gasteiger partial charge in [0.25, 0.3) is 0 Å². The molecule has 1 amide bonds. The van der Waals surface area contributed by atoms with E-state index >= 15 is 0 Å². The molecule has 0 aromatic heterocycles. The number of carbonyl (C=O) groups is 1. The van der Waals surface area contributed by atoms with Crippen LogP contribution in [0.15, 0.2) is 29.8 Å². The molecular weight excluding hydrogens is 316 g/mol. The van der Waals surface area contributed by atoms with Gasteiger partial charge in [0.1, 0.15) is 6.61 Å². The molecule has 1 aliphatic heterocycles. The molecule has 138 valence electrons. The zero-order chi connectivity index (χ0) is 18.2. The van der Waals surface area contributed by atoms with Crippen molar-refractivity contribution in [2.24, 2.45) is 0 Å². The summed E-state index contributed by atoms with van der Waals surface area (Å²) in [6, 6.07) is 6.35. The fraction of sp³-hybridized carbons (Fsp3) is 0.550. The molecule has 0 spiro atoms. The van der Waals surface area contributed by atoms with Gasteiger partial charge in [-0.2, -0.15) is 0 Å². The highest BCUT2D eigenvalue weighted by Gasteiger charge is 2.20. The Hall–Kier alpha value is -2.01. The van der Waals surface area contributed by atoms with E-state index in [9.17, 15) is 4.79 Å². The summed E-state index contributed by atoms with van der Waals surface area (Å²) in [5.41, 5.74) is 2.42. The largest absolute Gasteiger partial charge is 0.493 e. The van der Waals surface area contributed by atoms with Gasteiger partial charge in [-0.3, -0.25) is 9.69 Å². The Balaban J connectivity index is 1.97. The van der Waals surface area contributed by atoms with Crippen molar-refractivity contribution < 1.29 is 14.3 Å². The van der Waals surface area contributed by atoms with Gasteiger partial charge >= 0.3 is 0 Å². The monoisotopic (exact) mass is 346 g/mol. The topological polar surface area (TPSA) is 50.8 Å². The maximum Gasteiger partial charge on any atom is 0.217 e. The number of hydrogen-bond donors (Lipinski definition) is 1. The number of hydrogen-bond acceptors (Lipinski definition) is 4. The lowest BCUT2D eigenvalue weighted by Gasteiger charge is -2.33. The third-order valence-electron chi connectivity index (χ3n) is 4.28. The van der Waals surface area contributed by atoms with Crippen molar-refractivity contribution in [3.63, 3.8) is 0 Å². The van der Waals surface area contributed by atoms with E-state index in [0.717, 1.165) is 44.0 Å². The quantitative estimate of drug-likeness (QED) is 0.771. The second-order valence-corrected chi connectivity index (χ2v) is 6.85. The molecular formula is C20H30N2O3. The van der Waals surface area contributed by atoms with E-state index in [0.29, 0.717) is 6.61 Å². The number of allylic oxidation sites excluding steroid dienone is 1. The number of carbonyl (C=O) groups excluding carboxylic acids is 1. The second-order valence-electron chi connectivity index (χ2n) is 6.85. The number of ether oxygens (including phenoxy) is 2. The Labute approximate surface area is 151 Å². The van der Waals surface area contributed by atoms with Crippen LogP contribution >= 0.6 is 0 Å². The van der Waals surface area contributed by atoms with E-state index in [-0.39, 0.29) is 11.9 Å². The van der Waals surface area contributed by atoms with Crippen molar-refractivity contribution in [3.05, 3.63) is 35.4 Å². The average molecular weight is 346 g/mol. The molecule has 2 rings (SSSR count). The van der Waals surface area contributed by atoms with Crippen LogP contribution in [0.2, 0.25) is 0 Å². The molecule has 1 aromatic carbocycles. The van der Waals surface area contributed by atoms with E-state index in [1.165, 1.54) is 11.1 Å². The van der Waals surface area contributed by atoms with E-state index in [4.69, 9.17) is 9.47 Å². The van der Waals surface area contributed by atoms with Crippen LogP contribution in [0.5, 0.6) is 11.5 Å². The van der Waals surface area contributed by atoms with E-state index in [1.54, 1.807) is 14.0 Å². The van der Waals surface area contributed by atoms with Gasteiger partial charge in [-0.25, -0.2) is 0 Å². The van der Waals surface area contributed by atoms with Gasteiger partial charge in [-0.15, -0.1) is 0 Å². The van der Waals surface area contributed by atoms with E-state index in [1.807, 2.05) is 18.2 Å². The fourth-order valence-corrected chi connectivity index (χ4v) is 3.09. The van der Waals surface area contributed by atoms with Crippen molar-refractivity contribution in [2.45, 2.75) is 46.2 Å². The minimum Gasteiger partial charge on any atom is -0.493 e. The van der Waals surface area contributed by atoms with Crippen molar-refractivity contribution in [1.29, 1.82) is 0 Å². The van der Waals surface area contributed by atoms with Crippen LogP contribution in [0.1, 0.15) is 39.2 Å². The SMILES string of the molecule is COc1cc(CN2CCC[C@@H](NC(C)=O)C2)ccc1OCC=C(C)C. The molecule has 1 atom stereocenters. The Kier molecular flexibility index (Phi) is 7.31. The number of nitrogens with one attached hydrogen (secondary N) is 1. The first-order valence-corrected chi connectivity index (χ1v) is 8.90. The van der Waals surface area contributed by atoms with Gasteiger partial charge < -0.3 is 14.8 Å². The van der Waals surface area contributed by atoms with Crippen LogP contribution in [0.25, 0.3) is 0 Å². The van der Waals surface area contributed by atoms with E-state index in [2.05, 4.69) is 30.1 Å². The lowest BCUT2D eigenvalue weighted by Crippen LogP contribution is -2.46. The predicted octanol–water partition coefficient (Wildman–Crippen LogP) is 3.14. The number of nitrogens with zero attached hydrogens (tertiary/aromatic N) is 1. The maximum absolute atomic E-state index is 11.3. The highest BCUT2D eigenvalue weighted by molar-refractivity contribution is 5.73. The van der Waals surface area contributed by atoms with Crippen LogP contribution in [0.4, 0.5) is 0 Å². The van der Waals surface area contributed by atoms with E-state index < -0.39 is 0 Å². The molecule has 1 aliphatic rings. The normalized spacial score (nSPS) is 17.7. The molecule has 0 radical (unpaired) electrons. The predicted molar refractivity (Wildman–Crippen MR) is 100 cm³/mol. The lowest BCUT2D eigenvalue weighted by molar-refractivity contribution is -0.120. The number of likely N-dealkylation sites (tertiary alicyclic amines) is 1. The molecule has 0 bridgehead atoms. The van der Waals surface area contributed by atoms with Crippen LogP contribution in [0, 0.1) is 0 Å². The lowest BCUT2D eigenvalue weighted by atomic mass is 10.0.